The molecule has 0 saturated carbocycles. The van der Waals surface area contributed by atoms with Crippen LogP contribution in [0.3, 0.4) is 0 Å². The van der Waals surface area contributed by atoms with Crippen molar-refractivity contribution in [3.05, 3.63) is 59.7 Å². The first-order valence-corrected chi connectivity index (χ1v) is 5.14. The Hall–Kier alpha value is -2.43. The van der Waals surface area contributed by atoms with E-state index in [-0.39, 0.29) is 22.9 Å². The number of ether oxygens (including phenoxy) is 1. The van der Waals surface area contributed by atoms with E-state index in [2.05, 4.69) is 0 Å². The topological polar surface area (TPSA) is 59.1 Å². The smallest absolute Gasteiger partial charge is 0.166 e. The van der Waals surface area contributed by atoms with Crippen molar-refractivity contribution in [1.82, 2.24) is 0 Å². The summed E-state index contributed by atoms with van der Waals surface area (Å²) in [5.74, 6) is -1.71. The lowest BCUT2D eigenvalue weighted by atomic mass is 10.2. The summed E-state index contributed by atoms with van der Waals surface area (Å²) in [5, 5.41) is 7.17. The van der Waals surface area contributed by atoms with E-state index >= 15 is 0 Å². The highest BCUT2D eigenvalue weighted by Gasteiger charge is 2.09. The van der Waals surface area contributed by atoms with Crippen molar-refractivity contribution in [2.75, 3.05) is 0 Å². The van der Waals surface area contributed by atoms with Crippen LogP contribution in [0.1, 0.15) is 5.56 Å². The Morgan fingerprint density at radius 1 is 1.00 bits per heavy atom. The summed E-state index contributed by atoms with van der Waals surface area (Å²) in [6.45, 7) is 0. The van der Waals surface area contributed by atoms with E-state index in [1.165, 1.54) is 30.3 Å². The number of benzene rings is 2. The molecule has 92 valence electrons. The van der Waals surface area contributed by atoms with Crippen LogP contribution in [-0.4, -0.2) is 5.84 Å². The molecule has 0 aliphatic carbocycles. The van der Waals surface area contributed by atoms with Crippen molar-refractivity contribution in [2.45, 2.75) is 0 Å². The summed E-state index contributed by atoms with van der Waals surface area (Å²) >= 11 is 0. The highest BCUT2D eigenvalue weighted by molar-refractivity contribution is 5.95. The number of nitrogen functional groups attached to an aromatic ring is 1. The molecule has 2 aromatic rings. The molecule has 0 saturated heterocycles. The molecule has 18 heavy (non-hydrogen) atoms. The molecule has 0 amide bonds. The Balaban J connectivity index is 2.30. The minimum atomic E-state index is -0.703. The monoisotopic (exact) mass is 248 g/mol. The molecule has 0 aromatic heterocycles. The van der Waals surface area contributed by atoms with E-state index in [1.54, 1.807) is 6.07 Å². The van der Waals surface area contributed by atoms with Crippen LogP contribution < -0.4 is 10.5 Å². The number of nitrogens with two attached hydrogens (primary N) is 1. The maximum atomic E-state index is 13.6. The van der Waals surface area contributed by atoms with E-state index in [1.807, 2.05) is 0 Å². The molecule has 0 bridgehead atoms. The molecule has 0 heterocycles. The minimum absolute atomic E-state index is 0.0630. The van der Waals surface area contributed by atoms with Gasteiger partial charge in [0.15, 0.2) is 23.1 Å². The zero-order chi connectivity index (χ0) is 13.1. The Morgan fingerprint density at radius 3 is 2.28 bits per heavy atom. The molecule has 0 radical (unpaired) electrons. The van der Waals surface area contributed by atoms with Crippen LogP contribution in [0.4, 0.5) is 8.78 Å². The lowest BCUT2D eigenvalue weighted by Crippen LogP contribution is -2.11. The van der Waals surface area contributed by atoms with Gasteiger partial charge in [-0.15, -0.1) is 0 Å². The SMILES string of the molecule is N=C(N)c1ccc(Oc2ccccc2F)c(F)c1. The largest absolute Gasteiger partial charge is 0.451 e. The average Bonchev–Trinajstić information content (AvgIpc) is 2.34. The Labute approximate surface area is 102 Å². The maximum Gasteiger partial charge on any atom is 0.166 e. The van der Waals surface area contributed by atoms with Crippen molar-refractivity contribution >= 4 is 5.84 Å². The summed E-state index contributed by atoms with van der Waals surface area (Å²) in [5.41, 5.74) is 5.47. The maximum absolute atomic E-state index is 13.6. The lowest BCUT2D eigenvalue weighted by molar-refractivity contribution is 0.414. The number of hydrogen-bond donors (Lipinski definition) is 2. The molecule has 5 heteroatoms. The number of amidine groups is 1. The Bertz CT molecular complexity index is 599. The zero-order valence-corrected chi connectivity index (χ0v) is 9.28. The number of hydrogen-bond acceptors (Lipinski definition) is 2. The third-order valence-corrected chi connectivity index (χ3v) is 2.30. The van der Waals surface area contributed by atoms with Crippen LogP contribution >= 0.6 is 0 Å². The summed E-state index contributed by atoms with van der Waals surface area (Å²) in [6, 6.07) is 9.51. The van der Waals surface area contributed by atoms with Crippen LogP contribution in [-0.2, 0) is 0 Å². The summed E-state index contributed by atoms with van der Waals surface area (Å²) in [7, 11) is 0. The quantitative estimate of drug-likeness (QED) is 0.647. The van der Waals surface area contributed by atoms with Crippen molar-refractivity contribution in [2.24, 2.45) is 5.73 Å². The predicted octanol–water partition coefficient (Wildman–Crippen LogP) is 3.04. The lowest BCUT2D eigenvalue weighted by Gasteiger charge is -2.08. The van der Waals surface area contributed by atoms with Crippen molar-refractivity contribution < 1.29 is 13.5 Å². The van der Waals surface area contributed by atoms with Gasteiger partial charge in [0.1, 0.15) is 5.84 Å². The molecule has 0 aliphatic heterocycles. The van der Waals surface area contributed by atoms with Gasteiger partial charge in [-0.05, 0) is 30.3 Å². The van der Waals surface area contributed by atoms with E-state index in [0.717, 1.165) is 6.07 Å². The first-order valence-electron chi connectivity index (χ1n) is 5.14. The molecule has 2 aromatic carbocycles. The summed E-state index contributed by atoms with van der Waals surface area (Å²) < 4.78 is 32.1. The van der Waals surface area contributed by atoms with Gasteiger partial charge in [0.2, 0.25) is 0 Å². The highest BCUT2D eigenvalue weighted by Crippen LogP contribution is 2.26. The van der Waals surface area contributed by atoms with Crippen LogP contribution in [0.2, 0.25) is 0 Å². The van der Waals surface area contributed by atoms with Gasteiger partial charge in [0.25, 0.3) is 0 Å². The van der Waals surface area contributed by atoms with Crippen molar-refractivity contribution in [3.63, 3.8) is 0 Å². The van der Waals surface area contributed by atoms with Crippen LogP contribution in [0.15, 0.2) is 42.5 Å². The first-order chi connectivity index (χ1) is 8.58. The average molecular weight is 248 g/mol. The highest BCUT2D eigenvalue weighted by atomic mass is 19.1. The zero-order valence-electron chi connectivity index (χ0n) is 9.28. The number of nitrogens with one attached hydrogen (secondary N) is 1. The molecule has 3 nitrogen and oxygen atoms in total. The normalized spacial score (nSPS) is 10.1. The first kappa shape index (κ1) is 12.0. The summed E-state index contributed by atoms with van der Waals surface area (Å²) in [6.07, 6.45) is 0. The number of halogens is 2. The fraction of sp³-hybridized carbons (Fsp3) is 0. The van der Waals surface area contributed by atoms with Gasteiger partial charge in [-0.2, -0.15) is 0 Å². The van der Waals surface area contributed by atoms with E-state index in [0.29, 0.717) is 0 Å². The van der Waals surface area contributed by atoms with Gasteiger partial charge in [0, 0.05) is 5.56 Å². The minimum Gasteiger partial charge on any atom is -0.451 e. The van der Waals surface area contributed by atoms with E-state index in [4.69, 9.17) is 15.9 Å². The number of rotatable bonds is 3. The van der Waals surface area contributed by atoms with Crippen LogP contribution in [0, 0.1) is 17.0 Å². The van der Waals surface area contributed by atoms with Crippen LogP contribution in [0.25, 0.3) is 0 Å². The van der Waals surface area contributed by atoms with Crippen LogP contribution in [0.5, 0.6) is 11.5 Å². The van der Waals surface area contributed by atoms with Gasteiger partial charge < -0.3 is 10.5 Å². The van der Waals surface area contributed by atoms with Gasteiger partial charge in [0.05, 0.1) is 0 Å². The molecule has 0 aliphatic rings. The fourth-order valence-corrected chi connectivity index (χ4v) is 1.40. The Kier molecular flexibility index (Phi) is 3.23. The standard InChI is InChI=1S/C13H10F2N2O/c14-9-3-1-2-4-11(9)18-12-6-5-8(13(16)17)7-10(12)15/h1-7H,(H3,16,17). The molecule has 0 spiro atoms. The second-order valence-electron chi connectivity index (χ2n) is 3.59. The van der Waals surface area contributed by atoms with Gasteiger partial charge in [-0.25, -0.2) is 8.78 Å². The second kappa shape index (κ2) is 4.83. The third kappa shape index (κ3) is 2.45. The van der Waals surface area contributed by atoms with Gasteiger partial charge in [-0.1, -0.05) is 12.1 Å². The third-order valence-electron chi connectivity index (χ3n) is 2.30. The van der Waals surface area contributed by atoms with E-state index in [9.17, 15) is 8.78 Å². The molecule has 3 N–H and O–H groups in total. The molecular weight excluding hydrogens is 238 g/mol. The number of para-hydroxylation sites is 1. The Morgan fingerprint density at radius 2 is 1.67 bits per heavy atom. The van der Waals surface area contributed by atoms with Crippen molar-refractivity contribution in [3.8, 4) is 11.5 Å². The van der Waals surface area contributed by atoms with Gasteiger partial charge >= 0.3 is 0 Å². The predicted molar refractivity (Wildman–Crippen MR) is 63.9 cm³/mol. The molecular formula is C13H10F2N2O. The molecule has 0 unspecified atom stereocenters. The van der Waals surface area contributed by atoms with E-state index < -0.39 is 11.6 Å². The molecule has 0 atom stereocenters. The molecule has 0 fully saturated rings. The molecule has 2 rings (SSSR count). The summed E-state index contributed by atoms with van der Waals surface area (Å²) in [4.78, 5) is 0. The fourth-order valence-electron chi connectivity index (χ4n) is 1.40. The van der Waals surface area contributed by atoms with Gasteiger partial charge in [-0.3, -0.25) is 5.41 Å². The van der Waals surface area contributed by atoms with Crippen molar-refractivity contribution in [1.29, 1.82) is 5.41 Å². The second-order valence-corrected chi connectivity index (χ2v) is 3.59.